The van der Waals surface area contributed by atoms with Gasteiger partial charge in [-0.2, -0.15) is 5.10 Å². The van der Waals surface area contributed by atoms with Crippen LogP contribution in [0, 0.1) is 5.82 Å². The summed E-state index contributed by atoms with van der Waals surface area (Å²) in [7, 11) is 0. The van der Waals surface area contributed by atoms with E-state index in [1.165, 1.54) is 12.1 Å². The summed E-state index contributed by atoms with van der Waals surface area (Å²) in [4.78, 5) is 0. The van der Waals surface area contributed by atoms with Gasteiger partial charge in [-0.15, -0.1) is 0 Å². The standard InChI is InChI=1S/C14H19FN4/c1-2-9-19-14(7-8-17-19)13(18-16)10-11-3-5-12(15)6-4-11/h3-8,13,18H,2,9-10,16H2,1H3. The third-order valence-corrected chi connectivity index (χ3v) is 3.10. The van der Waals surface area contributed by atoms with Gasteiger partial charge in [0.1, 0.15) is 5.82 Å². The van der Waals surface area contributed by atoms with Crippen LogP contribution in [0.2, 0.25) is 0 Å². The van der Waals surface area contributed by atoms with E-state index in [4.69, 9.17) is 5.84 Å². The maximum atomic E-state index is 12.9. The highest BCUT2D eigenvalue weighted by Gasteiger charge is 2.15. The van der Waals surface area contributed by atoms with Crippen LogP contribution >= 0.6 is 0 Å². The molecule has 0 bridgehead atoms. The van der Waals surface area contributed by atoms with Crippen molar-refractivity contribution in [3.8, 4) is 0 Å². The number of hydrogen-bond donors (Lipinski definition) is 2. The molecule has 0 spiro atoms. The van der Waals surface area contributed by atoms with Gasteiger partial charge in [-0.1, -0.05) is 19.1 Å². The van der Waals surface area contributed by atoms with Gasteiger partial charge in [0.15, 0.2) is 0 Å². The molecule has 0 amide bonds. The van der Waals surface area contributed by atoms with Gasteiger partial charge in [-0.05, 0) is 36.6 Å². The Balaban J connectivity index is 2.15. The molecule has 1 unspecified atom stereocenters. The lowest BCUT2D eigenvalue weighted by Gasteiger charge is -2.17. The summed E-state index contributed by atoms with van der Waals surface area (Å²) in [6.45, 7) is 2.97. The van der Waals surface area contributed by atoms with Crippen LogP contribution in [0.25, 0.3) is 0 Å². The van der Waals surface area contributed by atoms with E-state index < -0.39 is 0 Å². The minimum absolute atomic E-state index is 0.0282. The molecule has 0 aliphatic rings. The van der Waals surface area contributed by atoms with Crippen molar-refractivity contribution in [2.24, 2.45) is 5.84 Å². The van der Waals surface area contributed by atoms with E-state index >= 15 is 0 Å². The lowest BCUT2D eigenvalue weighted by Crippen LogP contribution is -2.31. The summed E-state index contributed by atoms with van der Waals surface area (Å²) in [6, 6.07) is 8.42. The summed E-state index contributed by atoms with van der Waals surface area (Å²) < 4.78 is 14.8. The molecule has 2 rings (SSSR count). The summed E-state index contributed by atoms with van der Waals surface area (Å²) in [5.41, 5.74) is 4.90. The number of nitrogens with zero attached hydrogens (tertiary/aromatic N) is 2. The minimum atomic E-state index is -0.225. The van der Waals surface area contributed by atoms with Gasteiger partial charge >= 0.3 is 0 Å². The van der Waals surface area contributed by atoms with E-state index in [-0.39, 0.29) is 11.9 Å². The molecular formula is C14H19FN4. The molecule has 4 nitrogen and oxygen atoms in total. The third-order valence-electron chi connectivity index (χ3n) is 3.10. The molecule has 0 aliphatic carbocycles. The van der Waals surface area contributed by atoms with Crippen LogP contribution in [0.4, 0.5) is 4.39 Å². The van der Waals surface area contributed by atoms with E-state index in [0.29, 0.717) is 6.42 Å². The number of nitrogens with two attached hydrogens (primary N) is 1. The molecule has 1 heterocycles. The number of halogens is 1. The second-order valence-corrected chi connectivity index (χ2v) is 4.53. The smallest absolute Gasteiger partial charge is 0.123 e. The predicted molar refractivity (Wildman–Crippen MR) is 72.7 cm³/mol. The molecule has 1 atom stereocenters. The van der Waals surface area contributed by atoms with Gasteiger partial charge < -0.3 is 0 Å². The summed E-state index contributed by atoms with van der Waals surface area (Å²) in [5, 5.41) is 4.29. The van der Waals surface area contributed by atoms with Crippen molar-refractivity contribution in [1.29, 1.82) is 0 Å². The van der Waals surface area contributed by atoms with Crippen molar-refractivity contribution in [3.05, 3.63) is 53.6 Å². The molecule has 0 saturated carbocycles. The Morgan fingerprint density at radius 3 is 2.68 bits per heavy atom. The third kappa shape index (κ3) is 3.39. The van der Waals surface area contributed by atoms with Crippen molar-refractivity contribution in [3.63, 3.8) is 0 Å². The Kier molecular flexibility index (Phi) is 4.65. The van der Waals surface area contributed by atoms with E-state index in [1.54, 1.807) is 18.3 Å². The molecule has 0 radical (unpaired) electrons. The fourth-order valence-electron chi connectivity index (χ4n) is 2.14. The number of hydrazine groups is 1. The average Bonchev–Trinajstić information content (AvgIpc) is 2.87. The average molecular weight is 262 g/mol. The first-order chi connectivity index (χ1) is 9.24. The second kappa shape index (κ2) is 6.45. The highest BCUT2D eigenvalue weighted by molar-refractivity contribution is 5.20. The Hall–Kier alpha value is -1.72. The summed E-state index contributed by atoms with van der Waals surface area (Å²) >= 11 is 0. The predicted octanol–water partition coefficient (Wildman–Crippen LogP) is 2.18. The maximum absolute atomic E-state index is 12.9. The Labute approximate surface area is 112 Å². The fourth-order valence-corrected chi connectivity index (χ4v) is 2.14. The largest absolute Gasteiger partial charge is 0.271 e. The first-order valence-electron chi connectivity index (χ1n) is 6.47. The Morgan fingerprint density at radius 1 is 1.32 bits per heavy atom. The van der Waals surface area contributed by atoms with Crippen LogP contribution in [-0.2, 0) is 13.0 Å². The zero-order valence-electron chi connectivity index (χ0n) is 11.0. The van der Waals surface area contributed by atoms with Gasteiger partial charge in [0.05, 0.1) is 11.7 Å². The lowest BCUT2D eigenvalue weighted by atomic mass is 10.0. The molecule has 0 aliphatic heterocycles. The summed E-state index contributed by atoms with van der Waals surface area (Å²) in [5.74, 6) is 5.42. The Morgan fingerprint density at radius 2 is 2.05 bits per heavy atom. The van der Waals surface area contributed by atoms with Crippen LogP contribution in [0.1, 0.15) is 30.6 Å². The molecule has 1 aromatic heterocycles. The van der Waals surface area contributed by atoms with Gasteiger partial charge in [0.25, 0.3) is 0 Å². The molecule has 102 valence electrons. The van der Waals surface area contributed by atoms with E-state index in [2.05, 4.69) is 17.4 Å². The molecule has 19 heavy (non-hydrogen) atoms. The lowest BCUT2D eigenvalue weighted by molar-refractivity contribution is 0.478. The minimum Gasteiger partial charge on any atom is -0.271 e. The van der Waals surface area contributed by atoms with Crippen LogP contribution in [-0.4, -0.2) is 9.78 Å². The SMILES string of the molecule is CCCn1nccc1C(Cc1ccc(F)cc1)NN. The molecule has 1 aromatic carbocycles. The quantitative estimate of drug-likeness (QED) is 0.619. The maximum Gasteiger partial charge on any atom is 0.123 e. The van der Waals surface area contributed by atoms with Crippen molar-refractivity contribution in [1.82, 2.24) is 15.2 Å². The summed E-state index contributed by atoms with van der Waals surface area (Å²) in [6.07, 6.45) is 3.49. The topological polar surface area (TPSA) is 55.9 Å². The number of hydrogen-bond acceptors (Lipinski definition) is 3. The molecule has 0 fully saturated rings. The number of aromatic nitrogens is 2. The van der Waals surface area contributed by atoms with Crippen LogP contribution in [0.3, 0.4) is 0 Å². The van der Waals surface area contributed by atoms with Crippen molar-refractivity contribution >= 4 is 0 Å². The van der Waals surface area contributed by atoms with Crippen LogP contribution < -0.4 is 11.3 Å². The first kappa shape index (κ1) is 13.7. The zero-order valence-corrected chi connectivity index (χ0v) is 11.0. The van der Waals surface area contributed by atoms with Gasteiger partial charge in [-0.3, -0.25) is 16.0 Å². The van der Waals surface area contributed by atoms with Crippen LogP contribution in [0.15, 0.2) is 36.5 Å². The normalized spacial score (nSPS) is 12.6. The van der Waals surface area contributed by atoms with Gasteiger partial charge in [0, 0.05) is 12.7 Å². The van der Waals surface area contributed by atoms with E-state index in [0.717, 1.165) is 24.2 Å². The van der Waals surface area contributed by atoms with Crippen molar-refractivity contribution in [2.45, 2.75) is 32.4 Å². The molecule has 2 aromatic rings. The molecule has 3 N–H and O–H groups in total. The number of benzene rings is 1. The second-order valence-electron chi connectivity index (χ2n) is 4.53. The first-order valence-corrected chi connectivity index (χ1v) is 6.47. The van der Waals surface area contributed by atoms with Gasteiger partial charge in [0.2, 0.25) is 0 Å². The van der Waals surface area contributed by atoms with E-state index in [9.17, 15) is 4.39 Å². The Bertz CT molecular complexity index is 506. The fraction of sp³-hybridized carbons (Fsp3) is 0.357. The number of nitrogens with one attached hydrogen (secondary N) is 1. The van der Waals surface area contributed by atoms with E-state index in [1.807, 2.05) is 10.7 Å². The molecule has 5 heteroatoms. The highest BCUT2D eigenvalue weighted by atomic mass is 19.1. The molecule has 0 saturated heterocycles. The van der Waals surface area contributed by atoms with Crippen LogP contribution in [0.5, 0.6) is 0 Å². The monoisotopic (exact) mass is 262 g/mol. The zero-order chi connectivity index (χ0) is 13.7. The number of rotatable bonds is 6. The number of aryl methyl sites for hydroxylation is 1. The molecular weight excluding hydrogens is 243 g/mol. The van der Waals surface area contributed by atoms with Crippen molar-refractivity contribution < 1.29 is 4.39 Å². The highest BCUT2D eigenvalue weighted by Crippen LogP contribution is 2.18. The van der Waals surface area contributed by atoms with Gasteiger partial charge in [-0.25, -0.2) is 4.39 Å². The van der Waals surface area contributed by atoms with Crippen molar-refractivity contribution in [2.75, 3.05) is 0 Å².